The molecule has 0 bridgehead atoms. The normalized spacial score (nSPS) is 16.8. The Labute approximate surface area is 170 Å². The fourth-order valence-corrected chi connectivity index (χ4v) is 3.59. The highest BCUT2D eigenvalue weighted by Crippen LogP contribution is 2.19. The third kappa shape index (κ3) is 4.32. The van der Waals surface area contributed by atoms with E-state index >= 15 is 0 Å². The van der Waals surface area contributed by atoms with Gasteiger partial charge in [0, 0.05) is 31.4 Å². The van der Waals surface area contributed by atoms with E-state index in [-0.39, 0.29) is 5.91 Å². The van der Waals surface area contributed by atoms with Gasteiger partial charge < -0.3 is 18.9 Å². The van der Waals surface area contributed by atoms with Crippen molar-refractivity contribution in [2.45, 2.75) is 26.0 Å². The van der Waals surface area contributed by atoms with Gasteiger partial charge in [-0.3, -0.25) is 4.79 Å². The fraction of sp³-hybridized carbons (Fsp3) is 0.304. The van der Waals surface area contributed by atoms with Gasteiger partial charge >= 0.3 is 0 Å². The molecule has 150 valence electrons. The third-order valence-corrected chi connectivity index (χ3v) is 5.22. The maximum Gasteiger partial charge on any atom is 0.252 e. The molecule has 1 amide bonds. The van der Waals surface area contributed by atoms with Gasteiger partial charge in [0.2, 0.25) is 0 Å². The number of imidazole rings is 1. The van der Waals surface area contributed by atoms with E-state index in [0.29, 0.717) is 26.1 Å². The van der Waals surface area contributed by atoms with Crippen molar-refractivity contribution in [3.05, 3.63) is 77.9 Å². The Morgan fingerprint density at radius 2 is 1.97 bits per heavy atom. The lowest BCUT2D eigenvalue weighted by Gasteiger charge is -2.32. The number of aromatic nitrogens is 2. The molecule has 1 aliphatic heterocycles. The monoisotopic (exact) mass is 391 g/mol. The van der Waals surface area contributed by atoms with E-state index < -0.39 is 6.10 Å². The summed E-state index contributed by atoms with van der Waals surface area (Å²) in [6.07, 6.45) is 3.74. The number of amides is 1. The molecule has 2 heterocycles. The molecular formula is C23H25N3O3. The smallest absolute Gasteiger partial charge is 0.252 e. The Morgan fingerprint density at radius 3 is 2.72 bits per heavy atom. The van der Waals surface area contributed by atoms with E-state index in [0.717, 1.165) is 22.7 Å². The minimum Gasteiger partial charge on any atom is -0.497 e. The molecule has 1 aromatic heterocycles. The highest BCUT2D eigenvalue weighted by Gasteiger charge is 2.30. The van der Waals surface area contributed by atoms with Crippen molar-refractivity contribution in [2.24, 2.45) is 0 Å². The molecule has 0 radical (unpaired) electrons. The van der Waals surface area contributed by atoms with Gasteiger partial charge in [0.1, 0.15) is 11.9 Å². The first-order valence-corrected chi connectivity index (χ1v) is 9.76. The Balaban J connectivity index is 1.42. The quantitative estimate of drug-likeness (QED) is 0.648. The number of rotatable bonds is 6. The van der Waals surface area contributed by atoms with E-state index in [1.807, 2.05) is 52.1 Å². The van der Waals surface area contributed by atoms with Crippen LogP contribution in [0.15, 0.2) is 61.1 Å². The van der Waals surface area contributed by atoms with Crippen molar-refractivity contribution < 1.29 is 14.3 Å². The van der Waals surface area contributed by atoms with Crippen molar-refractivity contribution in [3.63, 3.8) is 0 Å². The second-order valence-corrected chi connectivity index (χ2v) is 7.23. The van der Waals surface area contributed by atoms with Crippen LogP contribution in [0.5, 0.6) is 5.75 Å². The molecule has 1 fully saturated rings. The number of hydrogen-bond acceptors (Lipinski definition) is 4. The fourth-order valence-electron chi connectivity index (χ4n) is 3.59. The topological polar surface area (TPSA) is 56.6 Å². The standard InChI is InChI=1S/C23H25N3O3/c1-17-5-3-4-6-21(17)26-15-19(24-16-26)13-22-23(27)25(11-12-29-22)14-18-7-9-20(28-2)10-8-18/h3-10,15-16,22H,11-14H2,1-2H3/t22-/m0/s1. The van der Waals surface area contributed by atoms with Crippen molar-refractivity contribution in [1.82, 2.24) is 14.5 Å². The van der Waals surface area contributed by atoms with Crippen molar-refractivity contribution in [2.75, 3.05) is 20.3 Å². The van der Waals surface area contributed by atoms with Crippen LogP contribution in [0.4, 0.5) is 0 Å². The number of para-hydroxylation sites is 1. The molecule has 6 nitrogen and oxygen atoms in total. The number of nitrogens with zero attached hydrogens (tertiary/aromatic N) is 3. The second kappa shape index (κ2) is 8.49. The lowest BCUT2D eigenvalue weighted by Crippen LogP contribution is -2.48. The SMILES string of the molecule is COc1ccc(CN2CCO[C@@H](Cc3cn(-c4ccccc4C)cn3)C2=O)cc1. The van der Waals surface area contributed by atoms with Gasteiger partial charge in [0.05, 0.1) is 25.7 Å². The molecule has 0 aliphatic carbocycles. The molecule has 0 spiro atoms. The summed E-state index contributed by atoms with van der Waals surface area (Å²) >= 11 is 0. The summed E-state index contributed by atoms with van der Waals surface area (Å²) in [5.41, 5.74) is 4.18. The van der Waals surface area contributed by atoms with Gasteiger partial charge in [-0.1, -0.05) is 30.3 Å². The van der Waals surface area contributed by atoms with Crippen LogP contribution in [0.2, 0.25) is 0 Å². The maximum atomic E-state index is 12.9. The van der Waals surface area contributed by atoms with Crippen molar-refractivity contribution in [3.8, 4) is 11.4 Å². The number of morpholine rings is 1. The molecule has 29 heavy (non-hydrogen) atoms. The van der Waals surface area contributed by atoms with Crippen LogP contribution in [0.25, 0.3) is 5.69 Å². The zero-order valence-electron chi connectivity index (χ0n) is 16.7. The molecule has 0 N–H and O–H groups in total. The van der Waals surface area contributed by atoms with Crippen molar-refractivity contribution in [1.29, 1.82) is 0 Å². The Hall–Kier alpha value is -3.12. The first-order chi connectivity index (χ1) is 14.1. The lowest BCUT2D eigenvalue weighted by molar-refractivity contribution is -0.153. The van der Waals surface area contributed by atoms with E-state index in [1.165, 1.54) is 5.56 Å². The Bertz CT molecular complexity index is 981. The van der Waals surface area contributed by atoms with Gasteiger partial charge in [0.25, 0.3) is 5.91 Å². The first-order valence-electron chi connectivity index (χ1n) is 9.76. The molecule has 3 aromatic rings. The number of methoxy groups -OCH3 is 1. The predicted molar refractivity (Wildman–Crippen MR) is 110 cm³/mol. The van der Waals surface area contributed by atoms with Crippen LogP contribution in [-0.4, -0.2) is 46.7 Å². The van der Waals surface area contributed by atoms with Gasteiger partial charge in [-0.05, 0) is 36.2 Å². The van der Waals surface area contributed by atoms with E-state index in [2.05, 4.69) is 24.0 Å². The molecular weight excluding hydrogens is 366 g/mol. The molecule has 1 aliphatic rings. The highest BCUT2D eigenvalue weighted by atomic mass is 16.5. The minimum atomic E-state index is -0.498. The molecule has 4 rings (SSSR count). The molecule has 6 heteroatoms. The van der Waals surface area contributed by atoms with Crippen LogP contribution >= 0.6 is 0 Å². The maximum absolute atomic E-state index is 12.9. The Kier molecular flexibility index (Phi) is 5.62. The summed E-state index contributed by atoms with van der Waals surface area (Å²) in [7, 11) is 1.64. The summed E-state index contributed by atoms with van der Waals surface area (Å²) < 4.78 is 13.0. The minimum absolute atomic E-state index is 0.0116. The van der Waals surface area contributed by atoms with Gasteiger partial charge in [-0.2, -0.15) is 0 Å². The highest BCUT2D eigenvalue weighted by molar-refractivity contribution is 5.81. The first kappa shape index (κ1) is 19.2. The number of carbonyl (C=O) groups is 1. The van der Waals surface area contributed by atoms with Crippen LogP contribution in [0, 0.1) is 6.92 Å². The summed E-state index contributed by atoms with van der Waals surface area (Å²) in [5.74, 6) is 0.821. The van der Waals surface area contributed by atoms with Gasteiger partial charge in [0.15, 0.2) is 0 Å². The molecule has 2 aromatic carbocycles. The van der Waals surface area contributed by atoms with Crippen LogP contribution < -0.4 is 4.74 Å². The second-order valence-electron chi connectivity index (χ2n) is 7.23. The number of aryl methyl sites for hydroxylation is 1. The van der Waals surface area contributed by atoms with E-state index in [9.17, 15) is 4.79 Å². The average Bonchev–Trinajstić information content (AvgIpc) is 3.20. The zero-order chi connectivity index (χ0) is 20.2. The zero-order valence-corrected chi connectivity index (χ0v) is 16.7. The van der Waals surface area contributed by atoms with Crippen LogP contribution in [0.3, 0.4) is 0 Å². The lowest BCUT2D eigenvalue weighted by atomic mass is 10.1. The Morgan fingerprint density at radius 1 is 1.17 bits per heavy atom. The summed E-state index contributed by atoms with van der Waals surface area (Å²) in [4.78, 5) is 19.3. The number of ether oxygens (including phenoxy) is 2. The van der Waals surface area contributed by atoms with Crippen LogP contribution in [0.1, 0.15) is 16.8 Å². The molecule has 1 saturated heterocycles. The molecule has 1 atom stereocenters. The average molecular weight is 391 g/mol. The summed E-state index contributed by atoms with van der Waals surface area (Å²) in [6, 6.07) is 15.9. The number of carbonyl (C=O) groups excluding carboxylic acids is 1. The third-order valence-electron chi connectivity index (χ3n) is 5.22. The van der Waals surface area contributed by atoms with E-state index in [4.69, 9.17) is 9.47 Å². The van der Waals surface area contributed by atoms with Crippen LogP contribution in [-0.2, 0) is 22.5 Å². The van der Waals surface area contributed by atoms with Gasteiger partial charge in [-0.25, -0.2) is 4.98 Å². The predicted octanol–water partition coefficient (Wildman–Crippen LogP) is 3.16. The number of benzene rings is 2. The van der Waals surface area contributed by atoms with Gasteiger partial charge in [-0.15, -0.1) is 0 Å². The molecule has 0 unspecified atom stereocenters. The number of hydrogen-bond donors (Lipinski definition) is 0. The van der Waals surface area contributed by atoms with Crippen molar-refractivity contribution >= 4 is 5.91 Å². The van der Waals surface area contributed by atoms with E-state index in [1.54, 1.807) is 13.4 Å². The summed E-state index contributed by atoms with van der Waals surface area (Å²) in [6.45, 7) is 3.77. The largest absolute Gasteiger partial charge is 0.497 e. The molecule has 0 saturated carbocycles. The summed E-state index contributed by atoms with van der Waals surface area (Å²) in [5, 5.41) is 0.